The van der Waals surface area contributed by atoms with Crippen LogP contribution < -0.4 is 5.32 Å². The van der Waals surface area contributed by atoms with E-state index in [4.69, 9.17) is 4.74 Å². The van der Waals surface area contributed by atoms with Gasteiger partial charge in [-0.15, -0.1) is 0 Å². The highest BCUT2D eigenvalue weighted by Gasteiger charge is 2.16. The molecule has 0 aliphatic rings. The molecule has 2 rings (SSSR count). The number of para-hydroxylation sites is 1. The minimum atomic E-state index is -0.0381. The van der Waals surface area contributed by atoms with Crippen LogP contribution in [0, 0.1) is 0 Å². The van der Waals surface area contributed by atoms with Crippen molar-refractivity contribution in [2.24, 2.45) is 0 Å². The average Bonchev–Trinajstić information content (AvgIpc) is 2.86. The maximum atomic E-state index is 5.19. The van der Waals surface area contributed by atoms with Gasteiger partial charge in [0.15, 0.2) is 0 Å². The first-order chi connectivity index (χ1) is 9.11. The van der Waals surface area contributed by atoms with Crippen molar-refractivity contribution in [1.82, 2.24) is 15.1 Å². The molecule has 0 radical (unpaired) electrons. The Morgan fingerprint density at radius 3 is 2.68 bits per heavy atom. The van der Waals surface area contributed by atoms with Crippen LogP contribution in [0.2, 0.25) is 0 Å². The molecule has 0 amide bonds. The lowest BCUT2D eigenvalue weighted by atomic mass is 10.1. The monoisotopic (exact) mass is 259 g/mol. The van der Waals surface area contributed by atoms with Crippen LogP contribution in [0.3, 0.4) is 0 Å². The van der Waals surface area contributed by atoms with Gasteiger partial charge >= 0.3 is 0 Å². The molecule has 1 aromatic carbocycles. The minimum Gasteiger partial charge on any atom is -0.383 e. The fourth-order valence-corrected chi connectivity index (χ4v) is 1.93. The molecule has 102 valence electrons. The maximum Gasteiger partial charge on any atom is 0.0645 e. The third kappa shape index (κ3) is 3.91. The number of hydrogen-bond acceptors (Lipinski definition) is 3. The molecule has 1 N–H and O–H groups in total. The summed E-state index contributed by atoms with van der Waals surface area (Å²) >= 11 is 0. The fourth-order valence-electron chi connectivity index (χ4n) is 1.93. The van der Waals surface area contributed by atoms with Gasteiger partial charge in [-0.3, -0.25) is 0 Å². The zero-order chi connectivity index (χ0) is 13.7. The molecule has 0 saturated carbocycles. The summed E-state index contributed by atoms with van der Waals surface area (Å²) in [5.74, 6) is 0. The third-order valence-corrected chi connectivity index (χ3v) is 2.93. The van der Waals surface area contributed by atoms with E-state index in [9.17, 15) is 0 Å². The van der Waals surface area contributed by atoms with Gasteiger partial charge in [0.1, 0.15) is 0 Å². The van der Waals surface area contributed by atoms with Crippen molar-refractivity contribution in [1.29, 1.82) is 0 Å². The van der Waals surface area contributed by atoms with Crippen LogP contribution in [-0.4, -0.2) is 29.0 Å². The molecule has 0 saturated heterocycles. The molecule has 0 atom stereocenters. The van der Waals surface area contributed by atoms with Crippen molar-refractivity contribution in [3.05, 3.63) is 48.3 Å². The zero-order valence-corrected chi connectivity index (χ0v) is 11.8. The summed E-state index contributed by atoms with van der Waals surface area (Å²) in [5.41, 5.74) is 2.20. The predicted molar refractivity (Wildman–Crippen MR) is 76.4 cm³/mol. The summed E-state index contributed by atoms with van der Waals surface area (Å²) in [6, 6.07) is 10.1. The van der Waals surface area contributed by atoms with Crippen LogP contribution in [-0.2, 0) is 11.3 Å². The highest BCUT2D eigenvalue weighted by atomic mass is 16.5. The highest BCUT2D eigenvalue weighted by molar-refractivity contribution is 5.30. The minimum absolute atomic E-state index is 0.0381. The van der Waals surface area contributed by atoms with Crippen LogP contribution in [0.15, 0.2) is 42.7 Å². The number of nitrogens with one attached hydrogen (secondary N) is 1. The number of hydrogen-bond donors (Lipinski definition) is 1. The quantitative estimate of drug-likeness (QED) is 0.865. The standard InChI is InChI=1S/C15H21N3O/c1-15(2,12-19-3)16-9-13-10-17-18(11-13)14-7-5-4-6-8-14/h4-8,10-11,16H,9,12H2,1-3H3. The Kier molecular flexibility index (Phi) is 4.35. The number of aromatic nitrogens is 2. The van der Waals surface area contributed by atoms with E-state index in [1.807, 2.05) is 47.4 Å². The van der Waals surface area contributed by atoms with Gasteiger partial charge < -0.3 is 10.1 Å². The summed E-state index contributed by atoms with van der Waals surface area (Å²) < 4.78 is 7.08. The van der Waals surface area contributed by atoms with Crippen LogP contribution in [0.1, 0.15) is 19.4 Å². The maximum absolute atomic E-state index is 5.19. The normalized spacial score (nSPS) is 11.7. The highest BCUT2D eigenvalue weighted by Crippen LogP contribution is 2.09. The van der Waals surface area contributed by atoms with E-state index >= 15 is 0 Å². The van der Waals surface area contributed by atoms with Crippen molar-refractivity contribution < 1.29 is 4.74 Å². The predicted octanol–water partition coefficient (Wildman–Crippen LogP) is 2.39. The van der Waals surface area contributed by atoms with Gasteiger partial charge in [0.25, 0.3) is 0 Å². The number of rotatable bonds is 6. The fraction of sp³-hybridized carbons (Fsp3) is 0.400. The Morgan fingerprint density at radius 2 is 2.00 bits per heavy atom. The topological polar surface area (TPSA) is 39.1 Å². The first kappa shape index (κ1) is 13.8. The van der Waals surface area contributed by atoms with E-state index in [0.717, 1.165) is 17.8 Å². The number of methoxy groups -OCH3 is 1. The van der Waals surface area contributed by atoms with Crippen molar-refractivity contribution in [2.75, 3.05) is 13.7 Å². The second kappa shape index (κ2) is 5.99. The van der Waals surface area contributed by atoms with Crippen molar-refractivity contribution in [3.63, 3.8) is 0 Å². The summed E-state index contributed by atoms with van der Waals surface area (Å²) in [4.78, 5) is 0. The molecule has 4 heteroatoms. The number of nitrogens with zero attached hydrogens (tertiary/aromatic N) is 2. The van der Waals surface area contributed by atoms with Gasteiger partial charge in [0.05, 0.1) is 18.5 Å². The van der Waals surface area contributed by atoms with E-state index in [0.29, 0.717) is 6.61 Å². The Labute approximate surface area is 114 Å². The van der Waals surface area contributed by atoms with Gasteiger partial charge in [-0.25, -0.2) is 4.68 Å². The molecule has 0 spiro atoms. The van der Waals surface area contributed by atoms with Crippen LogP contribution >= 0.6 is 0 Å². The second-order valence-electron chi connectivity index (χ2n) is 5.30. The summed E-state index contributed by atoms with van der Waals surface area (Å²) in [6.45, 7) is 5.71. The molecule has 2 aromatic rings. The van der Waals surface area contributed by atoms with Gasteiger partial charge in [0, 0.05) is 31.0 Å². The van der Waals surface area contributed by atoms with Crippen LogP contribution in [0.25, 0.3) is 5.69 Å². The second-order valence-corrected chi connectivity index (χ2v) is 5.30. The molecule has 0 fully saturated rings. The SMILES string of the molecule is COCC(C)(C)NCc1cnn(-c2ccccc2)c1. The van der Waals surface area contributed by atoms with E-state index < -0.39 is 0 Å². The van der Waals surface area contributed by atoms with Gasteiger partial charge in [-0.1, -0.05) is 18.2 Å². The van der Waals surface area contributed by atoms with Gasteiger partial charge in [-0.05, 0) is 26.0 Å². The first-order valence-electron chi connectivity index (χ1n) is 6.44. The molecule has 4 nitrogen and oxygen atoms in total. The molecular weight excluding hydrogens is 238 g/mol. The number of benzene rings is 1. The Bertz CT molecular complexity index is 505. The van der Waals surface area contributed by atoms with E-state index in [-0.39, 0.29) is 5.54 Å². The summed E-state index contributed by atoms with van der Waals surface area (Å²) in [5, 5.41) is 7.84. The smallest absolute Gasteiger partial charge is 0.0645 e. The van der Waals surface area contributed by atoms with Crippen LogP contribution in [0.4, 0.5) is 0 Å². The van der Waals surface area contributed by atoms with E-state index in [1.165, 1.54) is 0 Å². The zero-order valence-electron chi connectivity index (χ0n) is 11.8. The molecule has 0 bridgehead atoms. The molecular formula is C15H21N3O. The Balaban J connectivity index is 1.99. The first-order valence-corrected chi connectivity index (χ1v) is 6.44. The molecule has 1 heterocycles. The number of ether oxygens (including phenoxy) is 1. The molecule has 0 aliphatic carbocycles. The summed E-state index contributed by atoms with van der Waals surface area (Å²) in [6.07, 6.45) is 3.94. The molecule has 0 aliphatic heterocycles. The van der Waals surface area contributed by atoms with Gasteiger partial charge in [0.2, 0.25) is 0 Å². The Morgan fingerprint density at radius 1 is 1.26 bits per heavy atom. The Hall–Kier alpha value is -1.65. The molecule has 19 heavy (non-hydrogen) atoms. The van der Waals surface area contributed by atoms with Crippen LogP contribution in [0.5, 0.6) is 0 Å². The lowest BCUT2D eigenvalue weighted by molar-refractivity contribution is 0.128. The van der Waals surface area contributed by atoms with Crippen molar-refractivity contribution in [2.45, 2.75) is 25.9 Å². The molecule has 0 unspecified atom stereocenters. The van der Waals surface area contributed by atoms with E-state index in [1.54, 1.807) is 7.11 Å². The molecule has 1 aromatic heterocycles. The third-order valence-electron chi connectivity index (χ3n) is 2.93. The average molecular weight is 259 g/mol. The van der Waals surface area contributed by atoms with Gasteiger partial charge in [-0.2, -0.15) is 5.10 Å². The lowest BCUT2D eigenvalue weighted by Crippen LogP contribution is -2.42. The largest absolute Gasteiger partial charge is 0.383 e. The van der Waals surface area contributed by atoms with Crippen molar-refractivity contribution >= 4 is 0 Å². The van der Waals surface area contributed by atoms with E-state index in [2.05, 4.69) is 24.3 Å². The van der Waals surface area contributed by atoms with Crippen molar-refractivity contribution in [3.8, 4) is 5.69 Å². The lowest BCUT2D eigenvalue weighted by Gasteiger charge is -2.24. The summed E-state index contributed by atoms with van der Waals surface area (Å²) in [7, 11) is 1.72.